The topological polar surface area (TPSA) is 57.5 Å². The van der Waals surface area contributed by atoms with Gasteiger partial charge in [0.15, 0.2) is 0 Å². The Balaban J connectivity index is 1.66. The van der Waals surface area contributed by atoms with Gasteiger partial charge in [-0.15, -0.1) is 11.8 Å². The van der Waals surface area contributed by atoms with Crippen LogP contribution in [0.1, 0.15) is 31.2 Å². The maximum Gasteiger partial charge on any atom is 0.142 e. The van der Waals surface area contributed by atoms with E-state index in [1.165, 1.54) is 5.69 Å². The molecule has 0 spiro atoms. The predicted molar refractivity (Wildman–Crippen MR) is 145 cm³/mol. The number of nitrogens with zero attached hydrogens (tertiary/aromatic N) is 3. The molecule has 5 rings (SSSR count). The molecule has 0 bridgehead atoms. The molecule has 2 aliphatic rings. The van der Waals surface area contributed by atoms with Gasteiger partial charge in [0, 0.05) is 39.0 Å². The third kappa shape index (κ3) is 4.91. The van der Waals surface area contributed by atoms with Crippen molar-refractivity contribution in [2.45, 2.75) is 43.7 Å². The minimum Gasteiger partial charge on any atom is -0.496 e. The Morgan fingerprint density at radius 3 is 2.25 bits per heavy atom. The van der Waals surface area contributed by atoms with Gasteiger partial charge in [0.2, 0.25) is 0 Å². The van der Waals surface area contributed by atoms with Crippen molar-refractivity contribution >= 4 is 23.0 Å². The van der Waals surface area contributed by atoms with Gasteiger partial charge in [-0.05, 0) is 74.6 Å². The van der Waals surface area contributed by atoms with Gasteiger partial charge in [-0.25, -0.2) is 4.52 Å². The summed E-state index contributed by atoms with van der Waals surface area (Å²) in [6.45, 7) is 6.40. The Kier molecular flexibility index (Phi) is 7.93. The molecule has 7 nitrogen and oxygen atoms in total. The Morgan fingerprint density at radius 1 is 1.00 bits per heavy atom. The first kappa shape index (κ1) is 25.2. The molecule has 0 aliphatic carbocycles. The zero-order valence-electron chi connectivity index (χ0n) is 21.8. The fraction of sp³-hybridized carbons (Fsp3) is 0.536. The van der Waals surface area contributed by atoms with Gasteiger partial charge < -0.3 is 23.8 Å². The lowest BCUT2D eigenvalue weighted by Crippen LogP contribution is -2.43. The molecule has 4 heterocycles. The van der Waals surface area contributed by atoms with Crippen LogP contribution < -0.4 is 14.4 Å². The third-order valence-electron chi connectivity index (χ3n) is 7.41. The molecule has 194 valence electrons. The van der Waals surface area contributed by atoms with Crippen molar-refractivity contribution in [2.75, 3.05) is 58.3 Å². The molecule has 36 heavy (non-hydrogen) atoms. The number of thioether (sulfide) groups is 1. The van der Waals surface area contributed by atoms with Gasteiger partial charge in [0.1, 0.15) is 16.5 Å². The molecule has 8 heteroatoms. The zero-order chi connectivity index (χ0) is 25.1. The minimum absolute atomic E-state index is 0.438. The number of anilines is 1. The van der Waals surface area contributed by atoms with Crippen LogP contribution in [0.3, 0.4) is 0 Å². The summed E-state index contributed by atoms with van der Waals surface area (Å²) in [4.78, 5) is 2.64. The number of pyridine rings is 1. The number of aromatic nitrogens is 2. The summed E-state index contributed by atoms with van der Waals surface area (Å²) in [5.74, 6) is 2.18. The predicted octanol–water partition coefficient (Wildman–Crippen LogP) is 5.46. The van der Waals surface area contributed by atoms with Gasteiger partial charge in [-0.1, -0.05) is 6.07 Å². The quantitative estimate of drug-likeness (QED) is 0.372. The molecule has 0 radical (unpaired) electrons. The summed E-state index contributed by atoms with van der Waals surface area (Å²) in [5, 5.41) is 6.21. The standard InChI is InChI=1S/C28H37N3O4S/c1-19-16-24(32-2)26(25(17-19)33-3)22-6-5-7-23-27(28(36-4)29-31(22)23)30(21-10-14-35-15-11-21)18-20-8-12-34-13-9-20/h5-7,16-17,20-21H,8-15,18H2,1-4H3. The molecule has 2 fully saturated rings. The summed E-state index contributed by atoms with van der Waals surface area (Å²) in [6.07, 6.45) is 6.41. The molecule has 0 amide bonds. The molecular weight excluding hydrogens is 474 g/mol. The van der Waals surface area contributed by atoms with E-state index in [0.29, 0.717) is 12.0 Å². The number of fused-ring (bicyclic) bond motifs is 1. The Morgan fingerprint density at radius 2 is 1.64 bits per heavy atom. The number of hydrogen-bond donors (Lipinski definition) is 0. The number of hydrogen-bond acceptors (Lipinski definition) is 7. The first-order valence-electron chi connectivity index (χ1n) is 12.9. The summed E-state index contributed by atoms with van der Waals surface area (Å²) in [6, 6.07) is 10.9. The lowest BCUT2D eigenvalue weighted by Gasteiger charge is -2.39. The van der Waals surface area contributed by atoms with Gasteiger partial charge in [0.05, 0.1) is 36.7 Å². The highest BCUT2D eigenvalue weighted by atomic mass is 32.2. The highest BCUT2D eigenvalue weighted by molar-refractivity contribution is 7.98. The number of ether oxygens (including phenoxy) is 4. The zero-order valence-corrected chi connectivity index (χ0v) is 22.6. The lowest BCUT2D eigenvalue weighted by atomic mass is 9.97. The van der Waals surface area contributed by atoms with E-state index in [4.69, 9.17) is 24.0 Å². The maximum atomic E-state index is 5.82. The second-order valence-electron chi connectivity index (χ2n) is 9.66. The minimum atomic E-state index is 0.438. The number of methoxy groups -OCH3 is 2. The van der Waals surface area contributed by atoms with E-state index >= 15 is 0 Å². The van der Waals surface area contributed by atoms with Crippen LogP contribution in [0.15, 0.2) is 35.4 Å². The van der Waals surface area contributed by atoms with Crippen LogP contribution in [0.2, 0.25) is 0 Å². The molecule has 2 saturated heterocycles. The first-order chi connectivity index (χ1) is 17.6. The summed E-state index contributed by atoms with van der Waals surface area (Å²) in [5.41, 5.74) is 5.31. The van der Waals surface area contributed by atoms with E-state index in [1.807, 2.05) is 0 Å². The summed E-state index contributed by atoms with van der Waals surface area (Å²) in [7, 11) is 3.42. The van der Waals surface area contributed by atoms with Crippen molar-refractivity contribution in [1.82, 2.24) is 9.61 Å². The van der Waals surface area contributed by atoms with Crippen LogP contribution in [-0.4, -0.2) is 69.1 Å². The molecule has 0 atom stereocenters. The Hall–Kier alpha value is -2.42. The summed E-state index contributed by atoms with van der Waals surface area (Å²) < 4.78 is 25.1. The van der Waals surface area contributed by atoms with Crippen molar-refractivity contribution in [3.05, 3.63) is 35.9 Å². The highest BCUT2D eigenvalue weighted by Gasteiger charge is 2.31. The number of aryl methyl sites for hydroxylation is 1. The lowest BCUT2D eigenvalue weighted by molar-refractivity contribution is 0.0625. The van der Waals surface area contributed by atoms with E-state index in [9.17, 15) is 0 Å². The first-order valence-corrected chi connectivity index (χ1v) is 14.1. The van der Waals surface area contributed by atoms with Crippen molar-refractivity contribution < 1.29 is 18.9 Å². The van der Waals surface area contributed by atoms with Crippen LogP contribution in [0, 0.1) is 12.8 Å². The Bertz CT molecular complexity index is 1160. The van der Waals surface area contributed by atoms with E-state index in [2.05, 4.69) is 52.9 Å². The van der Waals surface area contributed by atoms with Crippen LogP contribution in [0.4, 0.5) is 5.69 Å². The van der Waals surface area contributed by atoms with Gasteiger partial charge in [-0.3, -0.25) is 0 Å². The van der Waals surface area contributed by atoms with Crippen LogP contribution in [0.5, 0.6) is 11.5 Å². The monoisotopic (exact) mass is 511 g/mol. The van der Waals surface area contributed by atoms with Crippen LogP contribution in [-0.2, 0) is 9.47 Å². The molecule has 1 aromatic carbocycles. The molecule has 0 unspecified atom stereocenters. The smallest absolute Gasteiger partial charge is 0.142 e. The van der Waals surface area contributed by atoms with Crippen LogP contribution >= 0.6 is 11.8 Å². The largest absolute Gasteiger partial charge is 0.496 e. The van der Waals surface area contributed by atoms with Gasteiger partial charge in [-0.2, -0.15) is 5.10 Å². The molecule has 2 aliphatic heterocycles. The fourth-order valence-corrected chi connectivity index (χ4v) is 6.13. The van der Waals surface area contributed by atoms with E-state index < -0.39 is 0 Å². The summed E-state index contributed by atoms with van der Waals surface area (Å²) >= 11 is 1.71. The highest BCUT2D eigenvalue weighted by Crippen LogP contribution is 2.43. The number of benzene rings is 1. The fourth-order valence-electron chi connectivity index (χ4n) is 5.56. The second kappa shape index (κ2) is 11.3. The van der Waals surface area contributed by atoms with Crippen molar-refractivity contribution in [3.63, 3.8) is 0 Å². The van der Waals surface area contributed by atoms with Crippen molar-refractivity contribution in [2.24, 2.45) is 5.92 Å². The van der Waals surface area contributed by atoms with Crippen molar-refractivity contribution in [3.8, 4) is 22.8 Å². The van der Waals surface area contributed by atoms with Crippen LogP contribution in [0.25, 0.3) is 16.8 Å². The molecule has 0 saturated carbocycles. The van der Waals surface area contributed by atoms with Gasteiger partial charge in [0.25, 0.3) is 0 Å². The second-order valence-corrected chi connectivity index (χ2v) is 10.5. The molecule has 2 aromatic heterocycles. The normalized spacial score (nSPS) is 17.4. The average molecular weight is 512 g/mol. The van der Waals surface area contributed by atoms with Gasteiger partial charge >= 0.3 is 0 Å². The van der Waals surface area contributed by atoms with E-state index in [1.54, 1.807) is 26.0 Å². The van der Waals surface area contributed by atoms with Crippen molar-refractivity contribution in [1.29, 1.82) is 0 Å². The maximum absolute atomic E-state index is 5.82. The molecular formula is C28H37N3O4S. The van der Waals surface area contributed by atoms with E-state index in [-0.39, 0.29) is 0 Å². The molecule has 0 N–H and O–H groups in total. The van der Waals surface area contributed by atoms with E-state index in [0.717, 1.165) is 97.5 Å². The number of rotatable bonds is 8. The third-order valence-corrected chi connectivity index (χ3v) is 8.08. The molecule has 3 aromatic rings. The average Bonchev–Trinajstić information content (AvgIpc) is 3.31. The Labute approximate surface area is 218 Å². The SMILES string of the molecule is COc1cc(C)cc(OC)c1-c1cccc2c(N(CC3CCOCC3)C3CCOCC3)c(SC)nn12.